The first kappa shape index (κ1) is 16.5. The van der Waals surface area contributed by atoms with Gasteiger partial charge in [-0.25, -0.2) is 5.43 Å². The Labute approximate surface area is 156 Å². The first-order valence-corrected chi connectivity index (χ1v) is 9.44. The molecule has 6 rings (SSSR count). The number of nitrogens with one attached hydrogen (secondary N) is 1. The van der Waals surface area contributed by atoms with Crippen LogP contribution in [0.15, 0.2) is 17.2 Å². The van der Waals surface area contributed by atoms with Gasteiger partial charge >= 0.3 is 0 Å². The Morgan fingerprint density at radius 2 is 1.74 bits per heavy atom. The van der Waals surface area contributed by atoms with E-state index in [1.807, 2.05) is 0 Å². The number of hydrogen-bond acceptors (Lipinski definition) is 6. The molecule has 142 valence electrons. The number of nitro groups is 1. The second-order valence-corrected chi connectivity index (χ2v) is 8.42. The summed E-state index contributed by atoms with van der Waals surface area (Å²) < 4.78 is 10.5. The highest BCUT2D eigenvalue weighted by Gasteiger charge is 2.54. The van der Waals surface area contributed by atoms with E-state index >= 15 is 0 Å². The van der Waals surface area contributed by atoms with E-state index in [1.54, 1.807) is 0 Å². The standard InChI is InChI=1S/C19H21N3O5/c23-18(19-6-11-1-12(7-19)3-13(2-11)8-19)21-20-9-14-4-16-17(27-10-26-16)5-15(14)22(24)25/h4-5,9,11-13H,1-3,6-8,10H2,(H,21,23)/b20-9-. The molecule has 4 bridgehead atoms. The van der Waals surface area contributed by atoms with E-state index in [9.17, 15) is 14.9 Å². The molecule has 4 fully saturated rings. The lowest BCUT2D eigenvalue weighted by Gasteiger charge is -2.55. The summed E-state index contributed by atoms with van der Waals surface area (Å²) in [6.45, 7) is 0.0375. The van der Waals surface area contributed by atoms with Crippen molar-refractivity contribution in [3.05, 3.63) is 27.8 Å². The highest BCUT2D eigenvalue weighted by atomic mass is 16.7. The van der Waals surface area contributed by atoms with Crippen molar-refractivity contribution < 1.29 is 19.2 Å². The van der Waals surface area contributed by atoms with E-state index in [4.69, 9.17) is 9.47 Å². The van der Waals surface area contributed by atoms with Crippen molar-refractivity contribution >= 4 is 17.8 Å². The van der Waals surface area contributed by atoms with Gasteiger partial charge in [-0.1, -0.05) is 0 Å². The van der Waals surface area contributed by atoms with E-state index in [2.05, 4.69) is 10.5 Å². The van der Waals surface area contributed by atoms with Crippen LogP contribution in [0.5, 0.6) is 11.5 Å². The van der Waals surface area contributed by atoms with Gasteiger partial charge in [0.05, 0.1) is 28.2 Å². The van der Waals surface area contributed by atoms with Crippen LogP contribution in [0.3, 0.4) is 0 Å². The highest BCUT2D eigenvalue weighted by molar-refractivity contribution is 5.89. The van der Waals surface area contributed by atoms with Crippen molar-refractivity contribution in [2.75, 3.05) is 6.79 Å². The minimum Gasteiger partial charge on any atom is -0.454 e. The van der Waals surface area contributed by atoms with Crippen molar-refractivity contribution in [2.45, 2.75) is 38.5 Å². The minimum atomic E-state index is -0.496. The van der Waals surface area contributed by atoms with Crippen molar-refractivity contribution in [3.63, 3.8) is 0 Å². The third-order valence-electron chi connectivity index (χ3n) is 6.61. The number of hydrazone groups is 1. The smallest absolute Gasteiger partial charge is 0.282 e. The predicted molar refractivity (Wildman–Crippen MR) is 95.6 cm³/mol. The molecule has 4 saturated carbocycles. The van der Waals surface area contributed by atoms with Gasteiger partial charge in [-0.3, -0.25) is 14.9 Å². The number of carbonyl (C=O) groups excluding carboxylic acids is 1. The van der Waals surface area contributed by atoms with Gasteiger partial charge in [-0.15, -0.1) is 0 Å². The van der Waals surface area contributed by atoms with Crippen molar-refractivity contribution in [2.24, 2.45) is 28.3 Å². The molecule has 0 saturated heterocycles. The third-order valence-corrected chi connectivity index (χ3v) is 6.61. The Kier molecular flexibility index (Phi) is 3.63. The van der Waals surface area contributed by atoms with E-state index in [0.29, 0.717) is 29.3 Å². The largest absolute Gasteiger partial charge is 0.454 e. The molecule has 0 atom stereocenters. The lowest BCUT2D eigenvalue weighted by molar-refractivity contribution is -0.385. The van der Waals surface area contributed by atoms with E-state index in [-0.39, 0.29) is 29.4 Å². The van der Waals surface area contributed by atoms with Crippen LogP contribution in [0.4, 0.5) is 5.69 Å². The molecule has 5 aliphatic rings. The maximum absolute atomic E-state index is 12.9. The van der Waals surface area contributed by atoms with E-state index < -0.39 is 4.92 Å². The number of fused-ring (bicyclic) bond motifs is 1. The molecule has 1 N–H and O–H groups in total. The fourth-order valence-electron chi connectivity index (χ4n) is 5.88. The number of amides is 1. The fourth-order valence-corrected chi connectivity index (χ4v) is 5.88. The zero-order valence-corrected chi connectivity index (χ0v) is 14.8. The van der Waals surface area contributed by atoms with Gasteiger partial charge in [0.1, 0.15) is 0 Å². The van der Waals surface area contributed by atoms with Crippen LogP contribution in [0, 0.1) is 33.3 Å². The fraction of sp³-hybridized carbons (Fsp3) is 0.579. The number of rotatable bonds is 4. The van der Waals surface area contributed by atoms with Gasteiger partial charge in [0.2, 0.25) is 12.7 Å². The summed E-state index contributed by atoms with van der Waals surface area (Å²) in [5, 5.41) is 15.4. The molecule has 8 nitrogen and oxygen atoms in total. The van der Waals surface area contributed by atoms with E-state index in [0.717, 1.165) is 19.3 Å². The molecule has 1 amide bonds. The molecule has 0 radical (unpaired) electrons. The number of hydrogen-bond donors (Lipinski definition) is 1. The quantitative estimate of drug-likeness (QED) is 0.498. The van der Waals surface area contributed by atoms with Gasteiger partial charge in [-0.05, 0) is 62.3 Å². The average Bonchev–Trinajstić information content (AvgIpc) is 3.07. The zero-order valence-electron chi connectivity index (χ0n) is 14.8. The van der Waals surface area contributed by atoms with E-state index in [1.165, 1.54) is 37.6 Å². The molecule has 1 heterocycles. The molecule has 0 aromatic heterocycles. The summed E-state index contributed by atoms with van der Waals surface area (Å²) in [6.07, 6.45) is 7.95. The summed E-state index contributed by atoms with van der Waals surface area (Å²) in [5.41, 5.74) is 2.50. The Bertz CT molecular complexity index is 815. The lowest BCUT2D eigenvalue weighted by atomic mass is 9.49. The Balaban J connectivity index is 1.34. The molecule has 1 aromatic carbocycles. The Hall–Kier alpha value is -2.64. The molecule has 0 unspecified atom stereocenters. The van der Waals surface area contributed by atoms with Crippen LogP contribution in [0.25, 0.3) is 0 Å². The predicted octanol–water partition coefficient (Wildman–Crippen LogP) is 2.99. The Morgan fingerprint density at radius 3 is 2.33 bits per heavy atom. The Morgan fingerprint density at radius 1 is 1.15 bits per heavy atom. The summed E-state index contributed by atoms with van der Waals surface area (Å²) >= 11 is 0. The molecule has 27 heavy (non-hydrogen) atoms. The number of nitro benzene ring substituents is 1. The van der Waals surface area contributed by atoms with Gasteiger partial charge in [-0.2, -0.15) is 5.10 Å². The van der Waals surface area contributed by atoms with Crippen LogP contribution in [0.2, 0.25) is 0 Å². The molecule has 0 spiro atoms. The topological polar surface area (TPSA) is 103 Å². The molecule has 8 heteroatoms. The zero-order chi connectivity index (χ0) is 18.6. The van der Waals surface area contributed by atoms with Crippen LogP contribution in [-0.4, -0.2) is 23.8 Å². The second kappa shape index (κ2) is 5.94. The van der Waals surface area contributed by atoms with Gasteiger partial charge in [0.25, 0.3) is 5.69 Å². The summed E-state index contributed by atoms with van der Waals surface area (Å²) in [5.74, 6) is 2.75. The first-order chi connectivity index (χ1) is 13.0. The van der Waals surface area contributed by atoms with Gasteiger partial charge in [0, 0.05) is 0 Å². The van der Waals surface area contributed by atoms with Crippen LogP contribution < -0.4 is 14.9 Å². The van der Waals surface area contributed by atoms with Crippen molar-refractivity contribution in [1.82, 2.24) is 5.43 Å². The van der Waals surface area contributed by atoms with Crippen molar-refractivity contribution in [3.8, 4) is 11.5 Å². The molecule has 4 aliphatic carbocycles. The van der Waals surface area contributed by atoms with Crippen LogP contribution in [-0.2, 0) is 4.79 Å². The van der Waals surface area contributed by atoms with Crippen LogP contribution >= 0.6 is 0 Å². The second-order valence-electron chi connectivity index (χ2n) is 8.42. The molecular formula is C19H21N3O5. The number of benzene rings is 1. The third kappa shape index (κ3) is 2.74. The lowest BCUT2D eigenvalue weighted by Crippen LogP contribution is -2.52. The number of carbonyl (C=O) groups is 1. The van der Waals surface area contributed by atoms with Crippen LogP contribution in [0.1, 0.15) is 44.1 Å². The van der Waals surface area contributed by atoms with Gasteiger partial charge < -0.3 is 9.47 Å². The summed E-state index contributed by atoms with van der Waals surface area (Å²) in [7, 11) is 0. The SMILES string of the molecule is O=C(N/N=C\c1cc2c(cc1[N+](=O)[O-])OCO2)C12CC3CC(CC(C3)C1)C2. The maximum atomic E-state index is 12.9. The highest BCUT2D eigenvalue weighted by Crippen LogP contribution is 2.60. The summed E-state index contributed by atoms with van der Waals surface area (Å²) in [4.78, 5) is 23.7. The average molecular weight is 371 g/mol. The van der Waals surface area contributed by atoms with Crippen molar-refractivity contribution in [1.29, 1.82) is 0 Å². The first-order valence-electron chi connectivity index (χ1n) is 9.44. The summed E-state index contributed by atoms with van der Waals surface area (Å²) in [6, 6.07) is 2.84. The minimum absolute atomic E-state index is 0.0375. The number of nitrogens with zero attached hydrogens (tertiary/aromatic N) is 2. The monoisotopic (exact) mass is 371 g/mol. The molecule has 1 aliphatic heterocycles. The number of ether oxygens (including phenoxy) is 2. The molecular weight excluding hydrogens is 350 g/mol. The molecule has 1 aromatic rings. The maximum Gasteiger partial charge on any atom is 0.282 e. The normalized spacial score (nSPS) is 32.8. The van der Waals surface area contributed by atoms with Gasteiger partial charge in [0.15, 0.2) is 11.5 Å².